The molecule has 8 heterocycles. The second-order valence-corrected chi connectivity index (χ2v) is 29.6. The number of halogens is 1. The number of hydrogen-bond acceptors (Lipinski definition) is 16. The van der Waals surface area contributed by atoms with Crippen molar-refractivity contribution in [3.8, 4) is 5.75 Å². The number of carbonyl (C=O) groups is 3. The molecule has 0 spiro atoms. The van der Waals surface area contributed by atoms with E-state index in [-0.39, 0.29) is 64.5 Å². The zero-order valence-corrected chi connectivity index (χ0v) is 53.4. The Morgan fingerprint density at radius 1 is 0.839 bits per heavy atom. The van der Waals surface area contributed by atoms with E-state index in [0.717, 1.165) is 78.4 Å². The molecule has 20 nitrogen and oxygen atoms in total. The summed E-state index contributed by atoms with van der Waals surface area (Å²) in [6.07, 6.45) is 8.76. The van der Waals surface area contributed by atoms with Crippen LogP contribution in [-0.2, 0) is 31.2 Å². The predicted octanol–water partition coefficient (Wildman–Crippen LogP) is 9.66. The number of aromatic nitrogens is 6. The lowest BCUT2D eigenvalue weighted by Crippen LogP contribution is -2.65. The monoisotopic (exact) mass is 1210 g/mol. The number of sulfone groups is 1. The van der Waals surface area contributed by atoms with E-state index in [0.29, 0.717) is 92.9 Å². The fourth-order valence-electron chi connectivity index (χ4n) is 12.4. The molecule has 4 aromatic heterocycles. The molecule has 3 atom stereocenters. The minimum atomic E-state index is -3.83. The van der Waals surface area contributed by atoms with Crippen LogP contribution in [0.3, 0.4) is 0 Å². The molecule has 0 aliphatic carbocycles. The van der Waals surface area contributed by atoms with Crippen LogP contribution < -0.4 is 19.9 Å². The molecular weight excluding hydrogens is 1130 g/mol. The summed E-state index contributed by atoms with van der Waals surface area (Å²) in [5, 5.41) is 11.1. The third kappa shape index (κ3) is 14.0. The van der Waals surface area contributed by atoms with Crippen molar-refractivity contribution in [1.82, 2.24) is 49.7 Å². The summed E-state index contributed by atoms with van der Waals surface area (Å²) in [6, 6.07) is 15.2. The number of benzene rings is 2. The van der Waals surface area contributed by atoms with Gasteiger partial charge in [-0.05, 0) is 155 Å². The van der Waals surface area contributed by atoms with Gasteiger partial charge in [0.15, 0.2) is 9.84 Å². The standard InChI is InChI=1S/C65H86FN13O7S/c1-41-34-76(26-25-75(41)36-50-37-78(62(82)86-63(5,6)7)42(2)35-77(50)38-57(80)79-39-65(11,12)58-53(79)29-47(32-68-58)28-46-15-18-49(66)19-16-46)61(81)48-17-20-56(67-33-48)74-23-21-45(22-24-74)14-13-27-85-54-31-52-51(30-55(54)87(83,84)64(8,9)10)60(70-40-69-52)71-59-43(3)44(4)72-73-59/h15-20,29-33,40-42,45,50H,13-14,21-28,34-39H2,1-12H3,(H2,69,70,71,72,73)/t41-,42-,50+/m1/s1. The Labute approximate surface area is 511 Å². The summed E-state index contributed by atoms with van der Waals surface area (Å²) in [7, 11) is -3.83. The molecule has 4 aliphatic rings. The van der Waals surface area contributed by atoms with Gasteiger partial charge >= 0.3 is 6.09 Å². The van der Waals surface area contributed by atoms with Crippen LogP contribution in [0.2, 0.25) is 0 Å². The van der Waals surface area contributed by atoms with Gasteiger partial charge in [0, 0.05) is 112 Å². The SMILES string of the molecule is Cc1n[nH]c(Nc2ncnc3cc(OCCCC4CCN(c5ccc(C(=O)N6CCN(C[C@H]7CN(C(=O)OC(C)(C)C)[C@H](C)CN7CC(=O)N7CC(C)(C)c8ncc(Cc9ccc(F)cc9)cc87)[C@H](C)C6)cn5)CC4)c(S(=O)(=O)C(C)(C)C)cc23)c1C. The Morgan fingerprint density at radius 3 is 2.25 bits per heavy atom. The number of ether oxygens (including phenoxy) is 2. The fraction of sp³-hybridized carbons (Fsp3) is 0.538. The number of nitrogens with one attached hydrogen (secondary N) is 2. The average Bonchev–Trinajstić information content (AvgIpc) is 1.91. The van der Waals surface area contributed by atoms with Crippen molar-refractivity contribution < 1.29 is 36.7 Å². The Balaban J connectivity index is 0.728. The number of amides is 3. The molecule has 3 saturated heterocycles. The van der Waals surface area contributed by atoms with Gasteiger partial charge in [-0.25, -0.2) is 32.6 Å². The average molecular weight is 1210 g/mol. The Hall–Kier alpha value is -7.30. The van der Waals surface area contributed by atoms with E-state index in [1.54, 1.807) is 56.1 Å². The zero-order valence-electron chi connectivity index (χ0n) is 52.6. The summed E-state index contributed by atoms with van der Waals surface area (Å²) in [5.74, 6) is 2.29. The second-order valence-electron chi connectivity index (χ2n) is 27.0. The maximum atomic E-state index is 14.7. The normalized spacial score (nSPS) is 19.8. The topological polar surface area (TPSA) is 216 Å². The predicted molar refractivity (Wildman–Crippen MR) is 335 cm³/mol. The van der Waals surface area contributed by atoms with Crippen LogP contribution >= 0.6 is 0 Å². The van der Waals surface area contributed by atoms with E-state index in [2.05, 4.69) is 61.0 Å². The van der Waals surface area contributed by atoms with Crippen LogP contribution in [0.1, 0.15) is 133 Å². The van der Waals surface area contributed by atoms with E-state index in [1.807, 2.05) is 75.7 Å². The number of fused-ring (bicyclic) bond motifs is 2. The number of piperidine rings is 1. The molecule has 2 N–H and O–H groups in total. The Kier molecular flexibility index (Phi) is 18.1. The summed E-state index contributed by atoms with van der Waals surface area (Å²) in [5.41, 5.74) is 5.36. The number of anilines is 4. The number of piperazine rings is 2. The van der Waals surface area contributed by atoms with Crippen molar-refractivity contribution in [3.63, 3.8) is 0 Å². The molecule has 22 heteroatoms. The Bertz CT molecular complexity index is 3600. The minimum absolute atomic E-state index is 0.0126. The van der Waals surface area contributed by atoms with E-state index in [9.17, 15) is 27.2 Å². The third-order valence-corrected chi connectivity index (χ3v) is 20.2. The van der Waals surface area contributed by atoms with Crippen LogP contribution in [-0.4, -0.2) is 177 Å². The van der Waals surface area contributed by atoms with Crippen molar-refractivity contribution in [3.05, 3.63) is 113 Å². The van der Waals surface area contributed by atoms with Crippen molar-refractivity contribution in [2.45, 2.75) is 154 Å². The highest BCUT2D eigenvalue weighted by Crippen LogP contribution is 2.41. The van der Waals surface area contributed by atoms with Gasteiger partial charge < -0.3 is 34.4 Å². The number of carbonyl (C=O) groups excluding carboxylic acids is 3. The lowest BCUT2D eigenvalue weighted by Gasteiger charge is -2.48. The number of H-pyrrole nitrogens is 1. The lowest BCUT2D eigenvalue weighted by molar-refractivity contribution is -0.121. The van der Waals surface area contributed by atoms with Gasteiger partial charge in [-0.2, -0.15) is 5.10 Å². The number of rotatable bonds is 16. The van der Waals surface area contributed by atoms with Gasteiger partial charge in [0.1, 0.15) is 45.8 Å². The first kappa shape index (κ1) is 62.7. The van der Waals surface area contributed by atoms with Gasteiger partial charge in [0.2, 0.25) is 5.91 Å². The quantitative estimate of drug-likeness (QED) is 0.0863. The molecule has 2 aromatic carbocycles. The molecule has 0 unspecified atom stereocenters. The number of aromatic amines is 1. The second kappa shape index (κ2) is 25.1. The Morgan fingerprint density at radius 2 is 1.59 bits per heavy atom. The van der Waals surface area contributed by atoms with Crippen molar-refractivity contribution >= 4 is 61.8 Å². The smallest absolute Gasteiger partial charge is 0.410 e. The largest absolute Gasteiger partial charge is 0.492 e. The first-order valence-electron chi connectivity index (χ1n) is 30.6. The molecule has 4 aliphatic heterocycles. The first-order valence-corrected chi connectivity index (χ1v) is 32.1. The molecule has 3 fully saturated rings. The van der Waals surface area contributed by atoms with Gasteiger partial charge in [-0.1, -0.05) is 26.0 Å². The van der Waals surface area contributed by atoms with Crippen LogP contribution in [0.25, 0.3) is 10.9 Å². The highest BCUT2D eigenvalue weighted by Gasteiger charge is 2.44. The van der Waals surface area contributed by atoms with Crippen LogP contribution in [0.5, 0.6) is 5.75 Å². The first-order chi connectivity index (χ1) is 41.1. The molecule has 0 radical (unpaired) electrons. The van der Waals surface area contributed by atoms with Crippen LogP contribution in [0, 0.1) is 25.6 Å². The highest BCUT2D eigenvalue weighted by atomic mass is 32.2. The molecule has 10 rings (SSSR count). The third-order valence-electron chi connectivity index (χ3n) is 17.7. The number of aryl methyl sites for hydroxylation is 1. The number of hydrogen-bond donors (Lipinski definition) is 2. The molecular formula is C65H86FN13O7S. The summed E-state index contributed by atoms with van der Waals surface area (Å²) < 4.78 is 53.0. The van der Waals surface area contributed by atoms with E-state index in [4.69, 9.17) is 19.4 Å². The van der Waals surface area contributed by atoms with E-state index in [1.165, 1.54) is 18.5 Å². The number of pyridine rings is 2. The summed E-state index contributed by atoms with van der Waals surface area (Å²) >= 11 is 0. The fourth-order valence-corrected chi connectivity index (χ4v) is 13.7. The van der Waals surface area contributed by atoms with Gasteiger partial charge in [0.05, 0.1) is 46.1 Å². The molecule has 0 bridgehead atoms. The van der Waals surface area contributed by atoms with Gasteiger partial charge in [0.25, 0.3) is 5.91 Å². The molecule has 3 amide bonds. The molecule has 87 heavy (non-hydrogen) atoms. The van der Waals surface area contributed by atoms with E-state index >= 15 is 0 Å². The maximum absolute atomic E-state index is 14.7. The molecule has 6 aromatic rings. The minimum Gasteiger partial charge on any atom is -0.492 e. The van der Waals surface area contributed by atoms with E-state index < -0.39 is 20.2 Å². The summed E-state index contributed by atoms with van der Waals surface area (Å²) in [4.78, 5) is 73.7. The summed E-state index contributed by atoms with van der Waals surface area (Å²) in [6.45, 7) is 28.5. The van der Waals surface area contributed by atoms with Crippen molar-refractivity contribution in [2.75, 3.05) is 87.2 Å². The van der Waals surface area contributed by atoms with Gasteiger partial charge in [-0.3, -0.25) is 29.5 Å². The van der Waals surface area contributed by atoms with Gasteiger partial charge in [-0.15, -0.1) is 0 Å². The van der Waals surface area contributed by atoms with Crippen molar-refractivity contribution in [2.24, 2.45) is 5.92 Å². The molecule has 0 saturated carbocycles. The number of nitrogens with zero attached hydrogens (tertiary/aromatic N) is 11. The van der Waals surface area contributed by atoms with Crippen LogP contribution in [0.4, 0.5) is 32.3 Å². The maximum Gasteiger partial charge on any atom is 0.410 e. The van der Waals surface area contributed by atoms with Crippen molar-refractivity contribution in [1.29, 1.82) is 0 Å². The molecule has 466 valence electrons. The highest BCUT2D eigenvalue weighted by molar-refractivity contribution is 7.92. The van der Waals surface area contributed by atoms with Crippen LogP contribution in [0.15, 0.2) is 78.2 Å². The zero-order chi connectivity index (χ0) is 62.3. The lowest BCUT2D eigenvalue weighted by atomic mass is 9.91.